The number of aromatic hydroxyl groups is 2. The lowest BCUT2D eigenvalue weighted by Crippen LogP contribution is -2.01. The highest BCUT2D eigenvalue weighted by Crippen LogP contribution is 2.27. The first-order valence-corrected chi connectivity index (χ1v) is 6.58. The molecule has 0 atom stereocenters. The summed E-state index contributed by atoms with van der Waals surface area (Å²) in [6.07, 6.45) is 0. The van der Waals surface area contributed by atoms with Crippen LogP contribution in [0.4, 0.5) is 5.69 Å². The highest BCUT2D eigenvalue weighted by Gasteiger charge is 2.04. The van der Waals surface area contributed by atoms with E-state index in [0.717, 1.165) is 16.8 Å². The minimum atomic E-state index is 0.149. The third-order valence-corrected chi connectivity index (χ3v) is 3.02. The van der Waals surface area contributed by atoms with E-state index in [2.05, 4.69) is 5.32 Å². The Morgan fingerprint density at radius 1 is 1.10 bits per heavy atom. The van der Waals surface area contributed by atoms with Gasteiger partial charge in [0.1, 0.15) is 5.75 Å². The number of anilines is 1. The molecule has 0 aliphatic heterocycles. The fourth-order valence-corrected chi connectivity index (χ4v) is 1.98. The van der Waals surface area contributed by atoms with E-state index >= 15 is 0 Å². The molecule has 0 fully saturated rings. The van der Waals surface area contributed by atoms with Gasteiger partial charge in [-0.3, -0.25) is 0 Å². The average Bonchev–Trinajstić information content (AvgIpc) is 2.41. The molecule has 0 heterocycles. The Kier molecular flexibility index (Phi) is 4.35. The summed E-state index contributed by atoms with van der Waals surface area (Å²) in [5, 5.41) is 22.3. The molecule has 0 aromatic heterocycles. The predicted molar refractivity (Wildman–Crippen MR) is 79.4 cm³/mol. The second-order valence-electron chi connectivity index (χ2n) is 4.59. The van der Waals surface area contributed by atoms with Gasteiger partial charge in [0.2, 0.25) is 0 Å². The summed E-state index contributed by atoms with van der Waals surface area (Å²) >= 11 is 0. The van der Waals surface area contributed by atoms with Crippen LogP contribution in [0.5, 0.6) is 17.2 Å². The molecule has 0 aliphatic rings. The Morgan fingerprint density at radius 3 is 2.60 bits per heavy atom. The van der Waals surface area contributed by atoms with E-state index in [-0.39, 0.29) is 11.5 Å². The Hall–Kier alpha value is -2.36. The molecule has 2 aromatic rings. The van der Waals surface area contributed by atoms with Crippen molar-refractivity contribution in [3.63, 3.8) is 0 Å². The molecule has 4 heteroatoms. The number of rotatable bonds is 5. The van der Waals surface area contributed by atoms with E-state index in [0.29, 0.717) is 18.9 Å². The van der Waals surface area contributed by atoms with Crippen molar-refractivity contribution in [1.29, 1.82) is 0 Å². The summed E-state index contributed by atoms with van der Waals surface area (Å²) in [5.41, 5.74) is 2.96. The number of phenolic OH excluding ortho intramolecular Hbond substituents is 2. The maximum absolute atomic E-state index is 9.65. The largest absolute Gasteiger partial charge is 0.508 e. The minimum Gasteiger partial charge on any atom is -0.508 e. The van der Waals surface area contributed by atoms with Gasteiger partial charge in [0.15, 0.2) is 11.5 Å². The van der Waals surface area contributed by atoms with Crippen molar-refractivity contribution in [3.05, 3.63) is 47.5 Å². The summed E-state index contributed by atoms with van der Waals surface area (Å²) in [5.74, 6) is 0.905. The molecule has 106 valence electrons. The van der Waals surface area contributed by atoms with Crippen LogP contribution in [0.3, 0.4) is 0 Å². The molecule has 0 bridgehead atoms. The van der Waals surface area contributed by atoms with Crippen LogP contribution in [0.15, 0.2) is 36.4 Å². The van der Waals surface area contributed by atoms with Crippen molar-refractivity contribution in [3.8, 4) is 17.2 Å². The van der Waals surface area contributed by atoms with Gasteiger partial charge in [-0.1, -0.05) is 6.07 Å². The highest BCUT2D eigenvalue weighted by molar-refractivity contribution is 5.54. The average molecular weight is 273 g/mol. The first-order chi connectivity index (χ1) is 9.60. The van der Waals surface area contributed by atoms with Gasteiger partial charge in [-0.05, 0) is 55.3 Å². The van der Waals surface area contributed by atoms with Crippen molar-refractivity contribution < 1.29 is 14.9 Å². The van der Waals surface area contributed by atoms with E-state index in [1.165, 1.54) is 0 Å². The molecule has 0 aliphatic carbocycles. The number of benzene rings is 2. The van der Waals surface area contributed by atoms with Crippen molar-refractivity contribution in [2.24, 2.45) is 0 Å². The van der Waals surface area contributed by atoms with Crippen molar-refractivity contribution in [1.82, 2.24) is 0 Å². The molecule has 0 radical (unpaired) electrons. The van der Waals surface area contributed by atoms with E-state index in [4.69, 9.17) is 4.74 Å². The molecule has 0 saturated carbocycles. The van der Waals surface area contributed by atoms with Crippen molar-refractivity contribution >= 4 is 5.69 Å². The van der Waals surface area contributed by atoms with Gasteiger partial charge in [0.05, 0.1) is 6.61 Å². The molecular weight excluding hydrogens is 254 g/mol. The Morgan fingerprint density at radius 2 is 1.90 bits per heavy atom. The first kappa shape index (κ1) is 14.1. The van der Waals surface area contributed by atoms with Crippen LogP contribution in [0, 0.1) is 6.92 Å². The van der Waals surface area contributed by atoms with Crippen LogP contribution in [0.2, 0.25) is 0 Å². The molecule has 3 N–H and O–H groups in total. The minimum absolute atomic E-state index is 0.149. The fourth-order valence-electron chi connectivity index (χ4n) is 1.98. The van der Waals surface area contributed by atoms with Crippen molar-refractivity contribution in [2.75, 3.05) is 11.9 Å². The first-order valence-electron chi connectivity index (χ1n) is 6.58. The van der Waals surface area contributed by atoms with Gasteiger partial charge in [0, 0.05) is 12.2 Å². The SMILES string of the molecule is CCOc1cc(CNc2ccc(O)cc2C)ccc1O. The third-order valence-electron chi connectivity index (χ3n) is 3.02. The molecule has 0 amide bonds. The highest BCUT2D eigenvalue weighted by atomic mass is 16.5. The number of hydrogen-bond acceptors (Lipinski definition) is 4. The fraction of sp³-hybridized carbons (Fsp3) is 0.250. The van der Waals surface area contributed by atoms with Gasteiger partial charge in [-0.2, -0.15) is 0 Å². The van der Waals surface area contributed by atoms with Gasteiger partial charge < -0.3 is 20.3 Å². The van der Waals surface area contributed by atoms with Crippen LogP contribution in [0.25, 0.3) is 0 Å². The summed E-state index contributed by atoms with van der Waals surface area (Å²) < 4.78 is 5.36. The van der Waals surface area contributed by atoms with Crippen molar-refractivity contribution in [2.45, 2.75) is 20.4 Å². The molecule has 0 saturated heterocycles. The van der Waals surface area contributed by atoms with E-state index in [9.17, 15) is 10.2 Å². The van der Waals surface area contributed by atoms with Gasteiger partial charge >= 0.3 is 0 Å². The lowest BCUT2D eigenvalue weighted by molar-refractivity contribution is 0.318. The summed E-state index contributed by atoms with van der Waals surface area (Å²) in [7, 11) is 0. The number of ether oxygens (including phenoxy) is 1. The number of nitrogens with one attached hydrogen (secondary N) is 1. The zero-order chi connectivity index (χ0) is 14.5. The topological polar surface area (TPSA) is 61.7 Å². The smallest absolute Gasteiger partial charge is 0.161 e. The van der Waals surface area contributed by atoms with E-state index < -0.39 is 0 Å². The Balaban J connectivity index is 2.08. The van der Waals surface area contributed by atoms with Crippen LogP contribution in [-0.2, 0) is 6.54 Å². The molecule has 4 nitrogen and oxygen atoms in total. The number of hydrogen-bond donors (Lipinski definition) is 3. The van der Waals surface area contributed by atoms with Gasteiger partial charge in [-0.25, -0.2) is 0 Å². The molecule has 0 spiro atoms. The standard InChI is InChI=1S/C16H19NO3/c1-3-20-16-9-12(4-7-15(16)19)10-17-14-6-5-13(18)8-11(14)2/h4-9,17-19H,3,10H2,1-2H3. The van der Waals surface area contributed by atoms with E-state index in [1.54, 1.807) is 18.2 Å². The molecule has 2 rings (SSSR count). The Labute approximate surface area is 118 Å². The molecular formula is C16H19NO3. The quantitative estimate of drug-likeness (QED) is 0.730. The number of aryl methyl sites for hydroxylation is 1. The second-order valence-corrected chi connectivity index (χ2v) is 4.59. The molecule has 0 unspecified atom stereocenters. The molecule has 20 heavy (non-hydrogen) atoms. The summed E-state index contributed by atoms with van der Waals surface area (Å²) in [6, 6.07) is 10.5. The summed E-state index contributed by atoms with van der Waals surface area (Å²) in [6.45, 7) is 4.95. The van der Waals surface area contributed by atoms with E-state index in [1.807, 2.05) is 32.0 Å². The molecule has 2 aromatic carbocycles. The number of phenols is 2. The van der Waals surface area contributed by atoms with Crippen LogP contribution in [0.1, 0.15) is 18.1 Å². The van der Waals surface area contributed by atoms with Crippen LogP contribution >= 0.6 is 0 Å². The monoisotopic (exact) mass is 273 g/mol. The van der Waals surface area contributed by atoms with Gasteiger partial charge in [0.25, 0.3) is 0 Å². The second kappa shape index (κ2) is 6.19. The zero-order valence-electron chi connectivity index (χ0n) is 11.7. The summed E-state index contributed by atoms with van der Waals surface area (Å²) in [4.78, 5) is 0. The lowest BCUT2D eigenvalue weighted by Gasteiger charge is -2.12. The normalized spacial score (nSPS) is 10.3. The van der Waals surface area contributed by atoms with Crippen LogP contribution < -0.4 is 10.1 Å². The maximum Gasteiger partial charge on any atom is 0.161 e. The lowest BCUT2D eigenvalue weighted by atomic mass is 10.1. The third kappa shape index (κ3) is 3.35. The Bertz CT molecular complexity index is 596. The van der Waals surface area contributed by atoms with Crippen LogP contribution in [-0.4, -0.2) is 16.8 Å². The van der Waals surface area contributed by atoms with Gasteiger partial charge in [-0.15, -0.1) is 0 Å². The maximum atomic E-state index is 9.65. The predicted octanol–water partition coefficient (Wildman–Crippen LogP) is 3.42. The zero-order valence-corrected chi connectivity index (χ0v) is 11.7.